The normalized spacial score (nSPS) is 18.2. The zero-order chi connectivity index (χ0) is 8.81. The Kier molecular flexibility index (Phi) is 4.58. The summed E-state index contributed by atoms with van der Waals surface area (Å²) in [7, 11) is 2.18. The first-order chi connectivity index (χ1) is 5.84. The van der Waals surface area contributed by atoms with Gasteiger partial charge in [0.05, 0.1) is 13.2 Å². The molecule has 3 heteroatoms. The van der Waals surface area contributed by atoms with Crippen molar-refractivity contribution in [2.75, 3.05) is 33.4 Å². The Bertz CT molecular complexity index is 115. The molecule has 3 nitrogen and oxygen atoms in total. The third kappa shape index (κ3) is 3.09. The summed E-state index contributed by atoms with van der Waals surface area (Å²) in [4.78, 5) is 2.39. The average Bonchev–Trinajstić information content (AvgIpc) is 1.95. The molecule has 0 aromatic carbocycles. The molecule has 72 valence electrons. The van der Waals surface area contributed by atoms with Crippen molar-refractivity contribution in [1.82, 2.24) is 4.90 Å². The third-order valence-corrected chi connectivity index (χ3v) is 2.55. The van der Waals surface area contributed by atoms with Crippen LogP contribution in [0.4, 0.5) is 0 Å². The van der Waals surface area contributed by atoms with Crippen LogP contribution in [0, 0.1) is 0 Å². The van der Waals surface area contributed by atoms with Gasteiger partial charge in [-0.3, -0.25) is 0 Å². The number of nitrogens with two attached hydrogens (primary N) is 1. The first-order valence-electron chi connectivity index (χ1n) is 4.82. The van der Waals surface area contributed by atoms with Gasteiger partial charge < -0.3 is 15.4 Å². The molecule has 0 bridgehead atoms. The van der Waals surface area contributed by atoms with Crippen LogP contribution in [0.25, 0.3) is 0 Å². The van der Waals surface area contributed by atoms with Gasteiger partial charge in [0, 0.05) is 19.1 Å². The standard InChI is InChI=1S/C9H20N2O/c1-11(9-3-2-4-9)6-8-12-7-5-10/h9H,2-8,10H2,1H3. The minimum atomic E-state index is 0.632. The van der Waals surface area contributed by atoms with Crippen molar-refractivity contribution in [3.05, 3.63) is 0 Å². The van der Waals surface area contributed by atoms with E-state index in [2.05, 4.69) is 11.9 Å². The molecule has 1 rings (SSSR count). The first-order valence-corrected chi connectivity index (χ1v) is 4.82. The fourth-order valence-electron chi connectivity index (χ4n) is 1.40. The summed E-state index contributed by atoms with van der Waals surface area (Å²) in [6, 6.07) is 0.825. The summed E-state index contributed by atoms with van der Waals surface area (Å²) in [5.74, 6) is 0. The van der Waals surface area contributed by atoms with Crippen molar-refractivity contribution in [2.24, 2.45) is 5.73 Å². The lowest BCUT2D eigenvalue weighted by Gasteiger charge is -2.34. The summed E-state index contributed by atoms with van der Waals surface area (Å²) in [6.45, 7) is 3.19. The molecule has 2 N–H and O–H groups in total. The van der Waals surface area contributed by atoms with E-state index in [1.54, 1.807) is 0 Å². The highest BCUT2D eigenvalue weighted by atomic mass is 16.5. The molecule has 1 saturated carbocycles. The van der Waals surface area contributed by atoms with Crippen molar-refractivity contribution in [3.8, 4) is 0 Å². The lowest BCUT2D eigenvalue weighted by molar-refractivity contribution is 0.0835. The number of hydrogen-bond acceptors (Lipinski definition) is 3. The molecule has 0 amide bonds. The van der Waals surface area contributed by atoms with Crippen LogP contribution < -0.4 is 5.73 Å². The van der Waals surface area contributed by atoms with Crippen LogP contribution in [0.2, 0.25) is 0 Å². The lowest BCUT2D eigenvalue weighted by Crippen LogP contribution is -2.39. The minimum Gasteiger partial charge on any atom is -0.379 e. The minimum absolute atomic E-state index is 0.632. The number of ether oxygens (including phenoxy) is 1. The van der Waals surface area contributed by atoms with Gasteiger partial charge in [0.1, 0.15) is 0 Å². The highest BCUT2D eigenvalue weighted by Gasteiger charge is 2.21. The molecule has 0 saturated heterocycles. The number of rotatable bonds is 6. The second-order valence-corrected chi connectivity index (χ2v) is 3.47. The molecule has 0 aliphatic heterocycles. The number of likely N-dealkylation sites (N-methyl/N-ethyl adjacent to an activating group) is 1. The quantitative estimate of drug-likeness (QED) is 0.591. The van der Waals surface area contributed by atoms with Crippen LogP contribution in [-0.4, -0.2) is 44.3 Å². The van der Waals surface area contributed by atoms with Crippen molar-refractivity contribution >= 4 is 0 Å². The van der Waals surface area contributed by atoms with Gasteiger partial charge in [-0.1, -0.05) is 6.42 Å². The topological polar surface area (TPSA) is 38.5 Å². The number of nitrogens with zero attached hydrogens (tertiary/aromatic N) is 1. The van der Waals surface area contributed by atoms with E-state index in [0.717, 1.165) is 19.2 Å². The molecule has 1 aliphatic carbocycles. The number of hydrogen-bond donors (Lipinski definition) is 1. The van der Waals surface area contributed by atoms with E-state index in [1.165, 1.54) is 19.3 Å². The second-order valence-electron chi connectivity index (χ2n) is 3.47. The SMILES string of the molecule is CN(CCOCCN)C1CCC1. The molecule has 0 aromatic rings. The van der Waals surface area contributed by atoms with Gasteiger partial charge in [0.25, 0.3) is 0 Å². The molecule has 12 heavy (non-hydrogen) atoms. The summed E-state index contributed by atoms with van der Waals surface area (Å²) >= 11 is 0. The highest BCUT2D eigenvalue weighted by Crippen LogP contribution is 2.22. The van der Waals surface area contributed by atoms with Crippen LogP contribution in [0.15, 0.2) is 0 Å². The first kappa shape index (κ1) is 9.96. The summed E-state index contributed by atoms with van der Waals surface area (Å²) in [5.41, 5.74) is 5.30. The van der Waals surface area contributed by atoms with Crippen molar-refractivity contribution in [3.63, 3.8) is 0 Å². The predicted molar refractivity (Wildman–Crippen MR) is 50.1 cm³/mol. The van der Waals surface area contributed by atoms with Crippen molar-refractivity contribution in [2.45, 2.75) is 25.3 Å². The molecule has 0 aromatic heterocycles. The van der Waals surface area contributed by atoms with E-state index in [9.17, 15) is 0 Å². The molecular formula is C9H20N2O. The highest BCUT2D eigenvalue weighted by molar-refractivity contribution is 4.77. The van der Waals surface area contributed by atoms with Gasteiger partial charge in [-0.25, -0.2) is 0 Å². The van der Waals surface area contributed by atoms with Crippen LogP contribution in [0.5, 0.6) is 0 Å². The van der Waals surface area contributed by atoms with Crippen LogP contribution >= 0.6 is 0 Å². The Hall–Kier alpha value is -0.120. The van der Waals surface area contributed by atoms with Crippen molar-refractivity contribution < 1.29 is 4.74 Å². The largest absolute Gasteiger partial charge is 0.379 e. The van der Waals surface area contributed by atoms with Crippen LogP contribution in [0.3, 0.4) is 0 Å². The van der Waals surface area contributed by atoms with Crippen LogP contribution in [0.1, 0.15) is 19.3 Å². The fraction of sp³-hybridized carbons (Fsp3) is 1.00. The van der Waals surface area contributed by atoms with E-state index in [0.29, 0.717) is 13.2 Å². The second kappa shape index (κ2) is 5.51. The van der Waals surface area contributed by atoms with E-state index in [4.69, 9.17) is 10.5 Å². The maximum atomic E-state index is 5.31. The molecule has 0 unspecified atom stereocenters. The zero-order valence-corrected chi connectivity index (χ0v) is 7.96. The summed E-state index contributed by atoms with van der Waals surface area (Å²) in [5, 5.41) is 0. The molecular weight excluding hydrogens is 152 g/mol. The molecule has 0 atom stereocenters. The van der Waals surface area contributed by atoms with E-state index in [-0.39, 0.29) is 0 Å². The Balaban J connectivity index is 1.91. The maximum Gasteiger partial charge on any atom is 0.0594 e. The Morgan fingerprint density at radius 1 is 1.42 bits per heavy atom. The molecule has 0 spiro atoms. The van der Waals surface area contributed by atoms with Gasteiger partial charge in [-0.05, 0) is 19.9 Å². The molecule has 0 radical (unpaired) electrons. The smallest absolute Gasteiger partial charge is 0.0594 e. The average molecular weight is 172 g/mol. The monoisotopic (exact) mass is 172 g/mol. The summed E-state index contributed by atoms with van der Waals surface area (Å²) in [6.07, 6.45) is 4.14. The third-order valence-electron chi connectivity index (χ3n) is 2.55. The van der Waals surface area contributed by atoms with Crippen LogP contribution in [-0.2, 0) is 4.74 Å². The fourth-order valence-corrected chi connectivity index (χ4v) is 1.40. The van der Waals surface area contributed by atoms with Gasteiger partial charge in [-0.2, -0.15) is 0 Å². The van der Waals surface area contributed by atoms with Gasteiger partial charge in [-0.15, -0.1) is 0 Å². The Morgan fingerprint density at radius 3 is 2.67 bits per heavy atom. The molecule has 1 aliphatic rings. The van der Waals surface area contributed by atoms with Gasteiger partial charge in [0.15, 0.2) is 0 Å². The zero-order valence-electron chi connectivity index (χ0n) is 7.96. The predicted octanol–water partition coefficient (Wildman–Crippen LogP) is 0.446. The summed E-state index contributed by atoms with van der Waals surface area (Å²) < 4.78 is 5.31. The van der Waals surface area contributed by atoms with E-state index < -0.39 is 0 Å². The van der Waals surface area contributed by atoms with Crippen molar-refractivity contribution in [1.29, 1.82) is 0 Å². The lowest BCUT2D eigenvalue weighted by atomic mass is 9.92. The molecule has 0 heterocycles. The van der Waals surface area contributed by atoms with Gasteiger partial charge >= 0.3 is 0 Å². The Labute approximate surface area is 74.9 Å². The van der Waals surface area contributed by atoms with Gasteiger partial charge in [0.2, 0.25) is 0 Å². The van der Waals surface area contributed by atoms with E-state index in [1.807, 2.05) is 0 Å². The van der Waals surface area contributed by atoms with E-state index >= 15 is 0 Å². The molecule has 1 fully saturated rings. The maximum absolute atomic E-state index is 5.31. The Morgan fingerprint density at radius 2 is 2.17 bits per heavy atom.